The third-order valence-corrected chi connectivity index (χ3v) is 3.43. The second-order valence-electron chi connectivity index (χ2n) is 5.27. The highest BCUT2D eigenvalue weighted by Gasteiger charge is 2.26. The van der Waals surface area contributed by atoms with Crippen LogP contribution in [0.1, 0.15) is 27.7 Å². The first-order chi connectivity index (χ1) is 6.43. The Labute approximate surface area is 93.4 Å². The Morgan fingerprint density at radius 3 is 2.21 bits per heavy atom. The molecular formula is C11H23NOS. The molecule has 0 unspecified atom stereocenters. The van der Waals surface area contributed by atoms with Crippen LogP contribution in [-0.4, -0.2) is 42.5 Å². The Morgan fingerprint density at radius 2 is 1.79 bits per heavy atom. The molecule has 0 radical (unpaired) electrons. The number of nitrogens with zero attached hydrogens (tertiary/aromatic N) is 1. The van der Waals surface area contributed by atoms with Gasteiger partial charge in [-0.15, -0.1) is 0 Å². The standard InChI is InChI=1S/C11H23NOS/c1-9-5-12(6-10(2)13-9)7-11(3,4)8-14/h9-10,14H,5-8H2,1-4H3/t9-,10+. The van der Waals surface area contributed by atoms with Gasteiger partial charge in [0.15, 0.2) is 0 Å². The summed E-state index contributed by atoms with van der Waals surface area (Å²) in [5.74, 6) is 0.938. The monoisotopic (exact) mass is 217 g/mol. The highest BCUT2D eigenvalue weighted by Crippen LogP contribution is 2.21. The molecule has 1 aliphatic rings. The van der Waals surface area contributed by atoms with E-state index in [9.17, 15) is 0 Å². The summed E-state index contributed by atoms with van der Waals surface area (Å²) < 4.78 is 5.70. The van der Waals surface area contributed by atoms with E-state index >= 15 is 0 Å². The molecule has 2 atom stereocenters. The molecule has 0 aromatic rings. The molecule has 3 heteroatoms. The molecule has 0 aliphatic carbocycles. The van der Waals surface area contributed by atoms with Gasteiger partial charge in [0.05, 0.1) is 12.2 Å². The van der Waals surface area contributed by atoms with Crippen LogP contribution in [0.5, 0.6) is 0 Å². The van der Waals surface area contributed by atoms with E-state index in [1.807, 2.05) is 0 Å². The maximum atomic E-state index is 5.70. The zero-order chi connectivity index (χ0) is 10.8. The fourth-order valence-corrected chi connectivity index (χ4v) is 2.17. The van der Waals surface area contributed by atoms with Gasteiger partial charge < -0.3 is 4.74 Å². The molecule has 84 valence electrons. The van der Waals surface area contributed by atoms with Crippen molar-refractivity contribution < 1.29 is 4.74 Å². The van der Waals surface area contributed by atoms with Crippen LogP contribution < -0.4 is 0 Å². The predicted octanol–water partition coefficient (Wildman–Crippen LogP) is 2.05. The van der Waals surface area contributed by atoms with Gasteiger partial charge in [0, 0.05) is 19.6 Å². The highest BCUT2D eigenvalue weighted by molar-refractivity contribution is 7.80. The first-order valence-electron chi connectivity index (χ1n) is 5.41. The molecule has 0 bridgehead atoms. The van der Waals surface area contributed by atoms with Crippen LogP contribution in [0.25, 0.3) is 0 Å². The van der Waals surface area contributed by atoms with Crippen LogP contribution in [0.15, 0.2) is 0 Å². The average molecular weight is 217 g/mol. The van der Waals surface area contributed by atoms with Crippen molar-refractivity contribution in [3.8, 4) is 0 Å². The molecule has 0 aromatic heterocycles. The van der Waals surface area contributed by atoms with Crippen LogP contribution in [-0.2, 0) is 4.74 Å². The van der Waals surface area contributed by atoms with Crippen LogP contribution in [0, 0.1) is 5.41 Å². The van der Waals surface area contributed by atoms with Gasteiger partial charge in [0.25, 0.3) is 0 Å². The van der Waals surface area contributed by atoms with Crippen molar-refractivity contribution in [3.63, 3.8) is 0 Å². The maximum Gasteiger partial charge on any atom is 0.0678 e. The molecule has 0 aromatic carbocycles. The van der Waals surface area contributed by atoms with Gasteiger partial charge in [-0.25, -0.2) is 0 Å². The summed E-state index contributed by atoms with van der Waals surface area (Å²) in [5.41, 5.74) is 0.305. The summed E-state index contributed by atoms with van der Waals surface area (Å²) in [6.45, 7) is 12.1. The third-order valence-electron chi connectivity index (χ3n) is 2.57. The summed E-state index contributed by atoms with van der Waals surface area (Å²) in [5, 5.41) is 0. The summed E-state index contributed by atoms with van der Waals surface area (Å²) >= 11 is 4.39. The van der Waals surface area contributed by atoms with E-state index in [1.54, 1.807) is 0 Å². The van der Waals surface area contributed by atoms with Gasteiger partial charge in [-0.1, -0.05) is 13.8 Å². The molecule has 1 fully saturated rings. The van der Waals surface area contributed by atoms with Gasteiger partial charge in [0.2, 0.25) is 0 Å². The summed E-state index contributed by atoms with van der Waals surface area (Å²) in [4.78, 5) is 2.50. The second-order valence-corrected chi connectivity index (χ2v) is 5.59. The third kappa shape index (κ3) is 3.79. The van der Waals surface area contributed by atoms with Crippen LogP contribution in [0.3, 0.4) is 0 Å². The molecule has 1 rings (SSSR count). The van der Waals surface area contributed by atoms with E-state index in [2.05, 4.69) is 45.2 Å². The smallest absolute Gasteiger partial charge is 0.0678 e. The lowest BCUT2D eigenvalue weighted by atomic mass is 9.95. The van der Waals surface area contributed by atoms with E-state index in [0.29, 0.717) is 17.6 Å². The maximum absolute atomic E-state index is 5.70. The van der Waals surface area contributed by atoms with E-state index < -0.39 is 0 Å². The Balaban J connectivity index is 2.44. The first kappa shape index (κ1) is 12.3. The lowest BCUT2D eigenvalue weighted by Gasteiger charge is -2.39. The highest BCUT2D eigenvalue weighted by atomic mass is 32.1. The number of morpholine rings is 1. The van der Waals surface area contributed by atoms with Gasteiger partial charge in [-0.3, -0.25) is 4.90 Å². The number of rotatable bonds is 3. The topological polar surface area (TPSA) is 12.5 Å². The molecule has 0 spiro atoms. The minimum Gasteiger partial charge on any atom is -0.373 e. The fraction of sp³-hybridized carbons (Fsp3) is 1.00. The lowest BCUT2D eigenvalue weighted by Crippen LogP contribution is -2.48. The van der Waals surface area contributed by atoms with Crippen molar-refractivity contribution in [1.29, 1.82) is 0 Å². The Morgan fingerprint density at radius 1 is 1.29 bits per heavy atom. The van der Waals surface area contributed by atoms with Gasteiger partial charge in [-0.05, 0) is 25.0 Å². The first-order valence-corrected chi connectivity index (χ1v) is 6.05. The summed E-state index contributed by atoms with van der Waals surface area (Å²) in [6.07, 6.45) is 0.740. The largest absolute Gasteiger partial charge is 0.373 e. The van der Waals surface area contributed by atoms with Crippen LogP contribution >= 0.6 is 12.6 Å². The molecule has 14 heavy (non-hydrogen) atoms. The van der Waals surface area contributed by atoms with Crippen LogP contribution in [0.2, 0.25) is 0 Å². The quantitative estimate of drug-likeness (QED) is 0.726. The average Bonchev–Trinajstić information content (AvgIpc) is 2.01. The molecule has 1 aliphatic heterocycles. The summed E-state index contributed by atoms with van der Waals surface area (Å²) in [6, 6.07) is 0. The number of hydrogen-bond acceptors (Lipinski definition) is 3. The van der Waals surface area contributed by atoms with E-state index in [1.165, 1.54) is 0 Å². The SMILES string of the molecule is C[C@@H]1CN(CC(C)(C)CS)C[C@H](C)O1. The number of ether oxygens (including phenoxy) is 1. The Kier molecular flexibility index (Phi) is 4.29. The van der Waals surface area contributed by atoms with Crippen molar-refractivity contribution in [1.82, 2.24) is 4.90 Å². The molecule has 0 saturated carbocycles. The predicted molar refractivity (Wildman–Crippen MR) is 64.1 cm³/mol. The second kappa shape index (κ2) is 4.86. The van der Waals surface area contributed by atoms with E-state index in [-0.39, 0.29) is 0 Å². The lowest BCUT2D eigenvalue weighted by molar-refractivity contribution is -0.0744. The Hall–Kier alpha value is 0.270. The van der Waals surface area contributed by atoms with E-state index in [0.717, 1.165) is 25.4 Å². The Bertz CT molecular complexity index is 174. The minimum absolute atomic E-state index is 0.305. The zero-order valence-corrected chi connectivity index (χ0v) is 10.7. The molecule has 1 heterocycles. The van der Waals surface area contributed by atoms with Crippen molar-refractivity contribution in [2.45, 2.75) is 39.9 Å². The van der Waals surface area contributed by atoms with Gasteiger partial charge in [-0.2, -0.15) is 12.6 Å². The van der Waals surface area contributed by atoms with E-state index in [4.69, 9.17) is 4.74 Å². The minimum atomic E-state index is 0.305. The number of thiol groups is 1. The van der Waals surface area contributed by atoms with Crippen molar-refractivity contribution >= 4 is 12.6 Å². The molecular weight excluding hydrogens is 194 g/mol. The number of hydrogen-bond donors (Lipinski definition) is 1. The van der Waals surface area contributed by atoms with Gasteiger partial charge in [0.1, 0.15) is 0 Å². The van der Waals surface area contributed by atoms with Crippen LogP contribution in [0.4, 0.5) is 0 Å². The van der Waals surface area contributed by atoms with Crippen molar-refractivity contribution in [3.05, 3.63) is 0 Å². The van der Waals surface area contributed by atoms with Crippen molar-refractivity contribution in [2.24, 2.45) is 5.41 Å². The summed E-state index contributed by atoms with van der Waals surface area (Å²) in [7, 11) is 0. The van der Waals surface area contributed by atoms with Gasteiger partial charge >= 0.3 is 0 Å². The molecule has 0 N–H and O–H groups in total. The molecule has 2 nitrogen and oxygen atoms in total. The fourth-order valence-electron chi connectivity index (χ4n) is 2.07. The zero-order valence-electron chi connectivity index (χ0n) is 9.79. The normalized spacial score (nSPS) is 30.6. The molecule has 0 amide bonds. The molecule has 1 saturated heterocycles. The van der Waals surface area contributed by atoms with Crippen molar-refractivity contribution in [2.75, 3.05) is 25.4 Å².